The Hall–Kier alpha value is -2.16. The van der Waals surface area contributed by atoms with Gasteiger partial charge in [-0.05, 0) is 37.3 Å². The van der Waals surface area contributed by atoms with Crippen LogP contribution in [0.4, 0.5) is 0 Å². The summed E-state index contributed by atoms with van der Waals surface area (Å²) < 4.78 is 26.7. The van der Waals surface area contributed by atoms with Crippen LogP contribution in [0, 0.1) is 0 Å². The Bertz CT molecular complexity index is 929. The molecule has 0 atom stereocenters. The number of carbonyl (C=O) groups is 2. The topological polar surface area (TPSA) is 90.6 Å². The SMILES string of the molecule is CC(=O)c1c[nH]c(C(=O)N2CCN(S(=O)(=O)c3ccc(Cl)cc3)CC2)c1. The van der Waals surface area contributed by atoms with Crippen LogP contribution in [0.3, 0.4) is 0 Å². The molecule has 1 saturated heterocycles. The predicted octanol–water partition coefficient (Wildman–Crippen LogP) is 2.02. The summed E-state index contributed by atoms with van der Waals surface area (Å²) in [6.07, 6.45) is 1.50. The Morgan fingerprint density at radius 3 is 2.23 bits per heavy atom. The fourth-order valence-electron chi connectivity index (χ4n) is 2.78. The zero-order valence-corrected chi connectivity index (χ0v) is 15.7. The summed E-state index contributed by atoms with van der Waals surface area (Å²) >= 11 is 5.80. The second kappa shape index (κ2) is 7.22. The van der Waals surface area contributed by atoms with E-state index in [0.717, 1.165) is 0 Å². The first-order valence-corrected chi connectivity index (χ1v) is 9.85. The van der Waals surface area contributed by atoms with Gasteiger partial charge in [0.25, 0.3) is 5.91 Å². The minimum Gasteiger partial charge on any atom is -0.356 e. The first-order valence-electron chi connectivity index (χ1n) is 8.03. The third kappa shape index (κ3) is 3.67. The van der Waals surface area contributed by atoms with E-state index in [9.17, 15) is 18.0 Å². The van der Waals surface area contributed by atoms with E-state index in [4.69, 9.17) is 11.6 Å². The highest BCUT2D eigenvalue weighted by molar-refractivity contribution is 7.89. The zero-order chi connectivity index (χ0) is 18.9. The fraction of sp³-hybridized carbons (Fsp3) is 0.294. The van der Waals surface area contributed by atoms with Crippen LogP contribution in [0.5, 0.6) is 0 Å². The van der Waals surface area contributed by atoms with E-state index in [1.165, 1.54) is 47.8 Å². The largest absolute Gasteiger partial charge is 0.356 e. The van der Waals surface area contributed by atoms with Gasteiger partial charge in [0.1, 0.15) is 5.69 Å². The molecule has 7 nitrogen and oxygen atoms in total. The Morgan fingerprint density at radius 1 is 1.08 bits per heavy atom. The molecule has 0 bridgehead atoms. The minimum absolute atomic E-state index is 0.126. The van der Waals surface area contributed by atoms with Gasteiger partial charge >= 0.3 is 0 Å². The van der Waals surface area contributed by atoms with Gasteiger partial charge in [-0.15, -0.1) is 0 Å². The van der Waals surface area contributed by atoms with E-state index in [2.05, 4.69) is 4.98 Å². The number of Topliss-reactive ketones (excluding diaryl/α,β-unsaturated/α-hetero) is 1. The maximum absolute atomic E-state index is 12.7. The number of H-pyrrole nitrogens is 1. The van der Waals surface area contributed by atoms with Gasteiger partial charge in [-0.25, -0.2) is 8.42 Å². The molecule has 9 heteroatoms. The molecule has 3 rings (SSSR count). The number of rotatable bonds is 4. The molecule has 1 fully saturated rings. The molecule has 2 heterocycles. The molecule has 1 aliphatic rings. The number of amides is 1. The average molecular weight is 396 g/mol. The van der Waals surface area contributed by atoms with Crippen LogP contribution in [-0.4, -0.2) is 60.5 Å². The highest BCUT2D eigenvalue weighted by Gasteiger charge is 2.30. The van der Waals surface area contributed by atoms with Crippen LogP contribution < -0.4 is 0 Å². The Balaban J connectivity index is 1.67. The number of aromatic nitrogens is 1. The van der Waals surface area contributed by atoms with Crippen LogP contribution in [0.25, 0.3) is 0 Å². The third-order valence-electron chi connectivity index (χ3n) is 4.30. The fourth-order valence-corrected chi connectivity index (χ4v) is 4.33. The highest BCUT2D eigenvalue weighted by Crippen LogP contribution is 2.20. The zero-order valence-electron chi connectivity index (χ0n) is 14.1. The monoisotopic (exact) mass is 395 g/mol. The summed E-state index contributed by atoms with van der Waals surface area (Å²) in [5.41, 5.74) is 0.765. The molecular weight excluding hydrogens is 378 g/mol. The molecule has 1 aromatic carbocycles. The summed E-state index contributed by atoms with van der Waals surface area (Å²) in [5, 5.41) is 0.468. The maximum Gasteiger partial charge on any atom is 0.270 e. The number of nitrogens with zero attached hydrogens (tertiary/aromatic N) is 2. The number of piperazine rings is 1. The van der Waals surface area contributed by atoms with E-state index in [1.54, 1.807) is 4.90 Å². The third-order valence-corrected chi connectivity index (χ3v) is 6.46. The van der Waals surface area contributed by atoms with E-state index >= 15 is 0 Å². The van der Waals surface area contributed by atoms with Crippen molar-refractivity contribution < 1.29 is 18.0 Å². The average Bonchev–Trinajstić information content (AvgIpc) is 3.12. The molecule has 1 amide bonds. The van der Waals surface area contributed by atoms with Crippen LogP contribution in [0.15, 0.2) is 41.4 Å². The highest BCUT2D eigenvalue weighted by atomic mass is 35.5. The normalized spacial score (nSPS) is 15.8. The van der Waals surface area contributed by atoms with Gasteiger partial charge in [0.05, 0.1) is 4.90 Å². The lowest BCUT2D eigenvalue weighted by Crippen LogP contribution is -2.50. The first-order chi connectivity index (χ1) is 12.3. The molecule has 0 radical (unpaired) electrons. The first kappa shape index (κ1) is 18.6. The van der Waals surface area contributed by atoms with Crippen molar-refractivity contribution in [3.63, 3.8) is 0 Å². The molecule has 1 N–H and O–H groups in total. The second-order valence-electron chi connectivity index (χ2n) is 6.01. The smallest absolute Gasteiger partial charge is 0.270 e. The molecule has 0 saturated carbocycles. The molecular formula is C17H18ClN3O4S. The van der Waals surface area contributed by atoms with Crippen molar-refractivity contribution in [1.29, 1.82) is 0 Å². The summed E-state index contributed by atoms with van der Waals surface area (Å²) in [4.78, 5) is 28.4. The van der Waals surface area contributed by atoms with Crippen molar-refractivity contribution in [2.45, 2.75) is 11.8 Å². The number of sulfonamides is 1. The summed E-state index contributed by atoms with van der Waals surface area (Å²) in [5.74, 6) is -0.375. The van der Waals surface area contributed by atoms with Gasteiger partial charge in [-0.3, -0.25) is 9.59 Å². The van der Waals surface area contributed by atoms with Crippen molar-refractivity contribution >= 4 is 33.3 Å². The number of halogens is 1. The lowest BCUT2D eigenvalue weighted by atomic mass is 10.2. The number of nitrogens with one attached hydrogen (secondary N) is 1. The van der Waals surface area contributed by atoms with Crippen LogP contribution in [-0.2, 0) is 10.0 Å². The van der Waals surface area contributed by atoms with Crippen LogP contribution >= 0.6 is 11.6 Å². The Kier molecular flexibility index (Phi) is 5.17. The molecule has 26 heavy (non-hydrogen) atoms. The van der Waals surface area contributed by atoms with E-state index < -0.39 is 10.0 Å². The molecule has 2 aromatic rings. The molecule has 0 unspecified atom stereocenters. The number of hydrogen-bond donors (Lipinski definition) is 1. The Morgan fingerprint density at radius 2 is 1.69 bits per heavy atom. The van der Waals surface area contributed by atoms with E-state index in [-0.39, 0.29) is 42.8 Å². The number of benzene rings is 1. The van der Waals surface area contributed by atoms with Gasteiger partial charge in [0.2, 0.25) is 10.0 Å². The van der Waals surface area contributed by atoms with Gasteiger partial charge in [-0.1, -0.05) is 11.6 Å². The van der Waals surface area contributed by atoms with Crippen molar-refractivity contribution in [3.05, 3.63) is 52.8 Å². The van der Waals surface area contributed by atoms with E-state index in [1.807, 2.05) is 0 Å². The van der Waals surface area contributed by atoms with Gasteiger partial charge < -0.3 is 9.88 Å². The van der Waals surface area contributed by atoms with Crippen molar-refractivity contribution in [3.8, 4) is 0 Å². The summed E-state index contributed by atoms with van der Waals surface area (Å²) in [7, 11) is -3.62. The molecule has 138 valence electrons. The van der Waals surface area contributed by atoms with Crippen LogP contribution in [0.2, 0.25) is 5.02 Å². The lowest BCUT2D eigenvalue weighted by Gasteiger charge is -2.33. The lowest BCUT2D eigenvalue weighted by molar-refractivity contribution is 0.0692. The maximum atomic E-state index is 12.7. The number of ketones is 1. The molecule has 0 aliphatic carbocycles. The molecule has 1 aliphatic heterocycles. The van der Waals surface area contributed by atoms with Crippen LogP contribution in [0.1, 0.15) is 27.8 Å². The van der Waals surface area contributed by atoms with Gasteiger partial charge in [-0.2, -0.15) is 4.31 Å². The number of carbonyl (C=O) groups excluding carboxylic acids is 2. The molecule has 1 aromatic heterocycles. The number of aromatic amines is 1. The van der Waals surface area contributed by atoms with Crippen molar-refractivity contribution in [2.24, 2.45) is 0 Å². The number of hydrogen-bond acceptors (Lipinski definition) is 4. The van der Waals surface area contributed by atoms with Gasteiger partial charge in [0.15, 0.2) is 5.78 Å². The molecule has 0 spiro atoms. The minimum atomic E-state index is -3.62. The predicted molar refractivity (Wildman–Crippen MR) is 96.9 cm³/mol. The summed E-state index contributed by atoms with van der Waals surface area (Å²) in [6, 6.07) is 7.52. The second-order valence-corrected chi connectivity index (χ2v) is 8.38. The van der Waals surface area contributed by atoms with E-state index in [0.29, 0.717) is 16.3 Å². The van der Waals surface area contributed by atoms with Crippen molar-refractivity contribution in [2.75, 3.05) is 26.2 Å². The standard InChI is InChI=1S/C17H18ClN3O4S/c1-12(22)13-10-16(19-11-13)17(23)20-6-8-21(9-7-20)26(24,25)15-4-2-14(18)3-5-15/h2-5,10-11,19H,6-9H2,1H3. The van der Waals surface area contributed by atoms with Gasteiger partial charge in [0, 0.05) is 43.0 Å². The Labute approximate surface area is 156 Å². The quantitative estimate of drug-likeness (QED) is 0.802. The summed E-state index contributed by atoms with van der Waals surface area (Å²) in [6.45, 7) is 2.39. The van der Waals surface area contributed by atoms with Crippen molar-refractivity contribution in [1.82, 2.24) is 14.2 Å².